The molecule has 40 heavy (non-hydrogen) atoms. The number of rotatable bonds is 10. The predicted molar refractivity (Wildman–Crippen MR) is 147 cm³/mol. The number of benzene rings is 2. The standard InChI is InChI=1S/C27H32F3N5O4S/c1-19-17-23(31-10-13-34(38)14-15-36)6-5-20(19)7-16-40(39)35-11-8-26(9-12-35)25(37)32-24(33-26)21-3-2-4-22(18-21)27(28,29)30/h2-7,16-18,31,36,38H,8-15H2,1H3,(H,32,33,37)/b16-7+/t40-/m0/s1. The molecule has 0 unspecified atom stereocenters. The van der Waals surface area contributed by atoms with Crippen LogP contribution in [0.4, 0.5) is 18.9 Å². The zero-order chi connectivity index (χ0) is 28.9. The zero-order valence-corrected chi connectivity index (χ0v) is 22.8. The van der Waals surface area contributed by atoms with Crippen LogP contribution < -0.4 is 10.6 Å². The predicted octanol–water partition coefficient (Wildman–Crippen LogP) is 3.15. The third-order valence-electron chi connectivity index (χ3n) is 6.94. The van der Waals surface area contributed by atoms with Crippen molar-refractivity contribution in [2.45, 2.75) is 31.5 Å². The molecule has 0 saturated carbocycles. The molecule has 9 nitrogen and oxygen atoms in total. The van der Waals surface area contributed by atoms with E-state index in [0.29, 0.717) is 39.0 Å². The van der Waals surface area contributed by atoms with Crippen LogP contribution in [0.1, 0.15) is 35.1 Å². The molecule has 1 fully saturated rings. The lowest BCUT2D eigenvalue weighted by Crippen LogP contribution is -2.50. The number of aliphatic hydroxyl groups is 1. The van der Waals surface area contributed by atoms with E-state index in [1.54, 1.807) is 15.8 Å². The van der Waals surface area contributed by atoms with Crippen molar-refractivity contribution in [3.05, 3.63) is 70.1 Å². The number of aryl methyl sites for hydroxylation is 1. The van der Waals surface area contributed by atoms with Crippen LogP contribution in [0.5, 0.6) is 0 Å². The van der Waals surface area contributed by atoms with Gasteiger partial charge in [0.2, 0.25) is 0 Å². The van der Waals surface area contributed by atoms with Crippen LogP contribution in [0, 0.1) is 6.92 Å². The van der Waals surface area contributed by atoms with Crippen LogP contribution in [-0.4, -0.2) is 80.8 Å². The molecular formula is C27H32F3N5O4S. The Morgan fingerprint density at radius 1 is 1.23 bits per heavy atom. The highest BCUT2D eigenvalue weighted by Crippen LogP contribution is 2.34. The fraction of sp³-hybridized carbons (Fsp3) is 0.407. The van der Waals surface area contributed by atoms with Crippen LogP contribution in [0.25, 0.3) is 6.08 Å². The molecule has 4 N–H and O–H groups in total. The second kappa shape index (κ2) is 12.7. The van der Waals surface area contributed by atoms with Crippen molar-refractivity contribution >= 4 is 34.9 Å². The third-order valence-corrected chi connectivity index (χ3v) is 8.18. The van der Waals surface area contributed by atoms with E-state index in [1.807, 2.05) is 25.1 Å². The second-order valence-electron chi connectivity index (χ2n) is 9.71. The van der Waals surface area contributed by atoms with Gasteiger partial charge in [-0.3, -0.25) is 9.79 Å². The Labute approximate surface area is 233 Å². The van der Waals surface area contributed by atoms with E-state index in [-0.39, 0.29) is 30.5 Å². The lowest BCUT2D eigenvalue weighted by molar-refractivity contribution is -0.137. The molecule has 2 heterocycles. The summed E-state index contributed by atoms with van der Waals surface area (Å²) in [5.41, 5.74) is 1.02. The third kappa shape index (κ3) is 7.22. The second-order valence-corrected chi connectivity index (χ2v) is 11.0. The largest absolute Gasteiger partial charge is 0.593 e. The maximum Gasteiger partial charge on any atom is 0.416 e. The van der Waals surface area contributed by atoms with Gasteiger partial charge in [0.25, 0.3) is 5.91 Å². The summed E-state index contributed by atoms with van der Waals surface area (Å²) in [6.07, 6.45) is -2.13. The number of carbonyl (C=O) groups excluding carboxylic acids is 1. The minimum atomic E-state index is -4.50. The summed E-state index contributed by atoms with van der Waals surface area (Å²) in [6.45, 7) is 3.52. The van der Waals surface area contributed by atoms with Gasteiger partial charge in [-0.2, -0.15) is 18.2 Å². The van der Waals surface area contributed by atoms with E-state index in [2.05, 4.69) is 15.6 Å². The van der Waals surface area contributed by atoms with E-state index < -0.39 is 28.6 Å². The van der Waals surface area contributed by atoms with Gasteiger partial charge in [0.15, 0.2) is 0 Å². The molecule has 0 aromatic heterocycles. The summed E-state index contributed by atoms with van der Waals surface area (Å²) in [5.74, 6) is -0.233. The molecule has 1 spiro atoms. The molecule has 1 amide bonds. The fourth-order valence-corrected chi connectivity index (χ4v) is 5.60. The number of aliphatic hydroxyl groups excluding tert-OH is 1. The highest BCUT2D eigenvalue weighted by Gasteiger charge is 2.47. The number of nitrogens with zero attached hydrogens (tertiary/aromatic N) is 3. The van der Waals surface area contributed by atoms with Crippen LogP contribution in [0.3, 0.4) is 0 Å². The van der Waals surface area contributed by atoms with Crippen molar-refractivity contribution in [1.82, 2.24) is 14.7 Å². The number of hydrogen-bond donors (Lipinski definition) is 4. The number of halogens is 3. The van der Waals surface area contributed by atoms with Crippen molar-refractivity contribution in [3.8, 4) is 0 Å². The van der Waals surface area contributed by atoms with E-state index in [0.717, 1.165) is 34.0 Å². The first-order valence-electron chi connectivity index (χ1n) is 12.8. The normalized spacial score (nSPS) is 18.4. The quantitative estimate of drug-likeness (QED) is 0.252. The Balaban J connectivity index is 1.33. The van der Waals surface area contributed by atoms with Gasteiger partial charge in [0, 0.05) is 44.0 Å². The van der Waals surface area contributed by atoms with Crippen molar-refractivity contribution in [3.63, 3.8) is 0 Å². The Hall–Kier alpha value is -2.94. The summed E-state index contributed by atoms with van der Waals surface area (Å²) in [5, 5.41) is 26.8. The molecule has 2 aromatic carbocycles. The van der Waals surface area contributed by atoms with E-state index >= 15 is 0 Å². The number of alkyl halides is 3. The topological polar surface area (TPSA) is 123 Å². The summed E-state index contributed by atoms with van der Waals surface area (Å²) in [4.78, 5) is 17.3. The van der Waals surface area contributed by atoms with Crippen LogP contribution in [0.15, 0.2) is 52.9 Å². The van der Waals surface area contributed by atoms with Gasteiger partial charge in [-0.15, -0.1) is 4.31 Å². The van der Waals surface area contributed by atoms with Crippen molar-refractivity contribution in [2.75, 3.05) is 44.6 Å². The van der Waals surface area contributed by atoms with Crippen LogP contribution >= 0.6 is 0 Å². The Morgan fingerprint density at radius 2 is 1.98 bits per heavy atom. The summed E-state index contributed by atoms with van der Waals surface area (Å²) in [6, 6.07) is 10.4. The molecule has 2 aliphatic rings. The van der Waals surface area contributed by atoms with Gasteiger partial charge in [-0.05, 0) is 61.2 Å². The van der Waals surface area contributed by atoms with E-state index in [4.69, 9.17) is 5.11 Å². The zero-order valence-electron chi connectivity index (χ0n) is 21.9. The minimum Gasteiger partial charge on any atom is -0.593 e. The number of carbonyl (C=O) groups is 1. The maximum absolute atomic E-state index is 13.1. The molecule has 1 saturated heterocycles. The first kappa shape index (κ1) is 30.0. The monoisotopic (exact) mass is 579 g/mol. The van der Waals surface area contributed by atoms with E-state index in [9.17, 15) is 27.7 Å². The van der Waals surface area contributed by atoms with Crippen molar-refractivity contribution in [1.29, 1.82) is 0 Å². The van der Waals surface area contributed by atoms with Crippen molar-refractivity contribution in [2.24, 2.45) is 4.99 Å². The molecule has 1 atom stereocenters. The first-order chi connectivity index (χ1) is 19.0. The molecule has 13 heteroatoms. The fourth-order valence-electron chi connectivity index (χ4n) is 4.62. The van der Waals surface area contributed by atoms with Gasteiger partial charge < -0.3 is 25.5 Å². The average molecular weight is 580 g/mol. The number of amides is 1. The first-order valence-corrected chi connectivity index (χ1v) is 14.0. The highest BCUT2D eigenvalue weighted by molar-refractivity contribution is 7.92. The average Bonchev–Trinajstić information content (AvgIpc) is 3.23. The molecule has 216 valence electrons. The smallest absolute Gasteiger partial charge is 0.416 e. The SMILES string of the molecule is Cc1cc(NCCN(O)CCO)ccc1/C=C/[S@+]([O-])N1CCC2(CC1)N=C(c1cccc(C(F)(F)F)c1)NC2=O. The van der Waals surface area contributed by atoms with Gasteiger partial charge >= 0.3 is 6.18 Å². The molecule has 0 bridgehead atoms. The molecule has 0 radical (unpaired) electrons. The molecular weight excluding hydrogens is 547 g/mol. The van der Waals surface area contributed by atoms with Crippen LogP contribution in [-0.2, 0) is 22.3 Å². The highest BCUT2D eigenvalue weighted by atomic mass is 32.2. The number of nitrogens with one attached hydrogen (secondary N) is 2. The molecule has 0 aliphatic carbocycles. The molecule has 2 aliphatic heterocycles. The number of anilines is 1. The van der Waals surface area contributed by atoms with Gasteiger partial charge in [-0.25, -0.2) is 0 Å². The van der Waals surface area contributed by atoms with Crippen LogP contribution in [0.2, 0.25) is 0 Å². The summed E-state index contributed by atoms with van der Waals surface area (Å²) in [7, 11) is 0. The van der Waals surface area contributed by atoms with E-state index in [1.165, 1.54) is 12.1 Å². The minimum absolute atomic E-state index is 0.121. The number of hydrogen-bond acceptors (Lipinski definition) is 8. The summed E-state index contributed by atoms with van der Waals surface area (Å²) >= 11 is -1.44. The Morgan fingerprint density at radius 3 is 2.65 bits per heavy atom. The Bertz CT molecular complexity index is 1260. The Kier molecular flexibility index (Phi) is 9.54. The summed E-state index contributed by atoms with van der Waals surface area (Å²) < 4.78 is 54.0. The van der Waals surface area contributed by atoms with Gasteiger partial charge in [0.05, 0.1) is 23.5 Å². The maximum atomic E-state index is 13.1. The number of piperidine rings is 1. The van der Waals surface area contributed by atoms with Gasteiger partial charge in [-0.1, -0.05) is 18.2 Å². The lowest BCUT2D eigenvalue weighted by Gasteiger charge is -2.34. The molecule has 2 aromatic rings. The molecule has 4 rings (SSSR count). The van der Waals surface area contributed by atoms with Crippen molar-refractivity contribution < 1.29 is 32.8 Å². The number of hydroxylamine groups is 2. The van der Waals surface area contributed by atoms with Gasteiger partial charge in [0.1, 0.15) is 16.8 Å². The number of aliphatic imine (C=N–C) groups is 1. The lowest BCUT2D eigenvalue weighted by atomic mass is 9.89. The number of amidine groups is 1.